The molecule has 5 heteroatoms. The molecule has 4 rings (SSSR count). The topological polar surface area (TPSA) is 36.4 Å². The fourth-order valence-corrected chi connectivity index (χ4v) is 5.27. The monoisotopic (exact) mass is 345 g/mol. The average Bonchev–Trinajstić information content (AvgIpc) is 3.07. The third-order valence-corrected chi connectivity index (χ3v) is 7.00. The Hall–Kier alpha value is -1.20. The zero-order valence-corrected chi connectivity index (χ0v) is 15.3. The van der Waals surface area contributed by atoms with Gasteiger partial charge in [-0.15, -0.1) is 11.3 Å². The predicted octanol–water partition coefficient (Wildman–Crippen LogP) is 3.31. The van der Waals surface area contributed by atoms with Gasteiger partial charge in [0.2, 0.25) is 5.91 Å². The van der Waals surface area contributed by atoms with E-state index in [9.17, 15) is 4.79 Å². The van der Waals surface area contributed by atoms with Crippen molar-refractivity contribution in [3.05, 3.63) is 28.7 Å². The summed E-state index contributed by atoms with van der Waals surface area (Å²) in [6.07, 6.45) is 13.0. The predicted molar refractivity (Wildman–Crippen MR) is 96.7 cm³/mol. The van der Waals surface area contributed by atoms with Crippen molar-refractivity contribution in [2.75, 3.05) is 20.1 Å². The zero-order valence-electron chi connectivity index (χ0n) is 14.5. The van der Waals surface area contributed by atoms with Gasteiger partial charge in [-0.05, 0) is 51.0 Å². The van der Waals surface area contributed by atoms with Crippen molar-refractivity contribution in [3.63, 3.8) is 0 Å². The van der Waals surface area contributed by atoms with Crippen molar-refractivity contribution < 1.29 is 4.79 Å². The SMILES string of the molecule is CN(Cc1nccs1)[C@H]1CC12CCN(C(=O)[C@H]1CC=CCC1)CC2. The highest BCUT2D eigenvalue weighted by Crippen LogP contribution is 2.56. The van der Waals surface area contributed by atoms with Crippen molar-refractivity contribution in [3.8, 4) is 0 Å². The highest BCUT2D eigenvalue weighted by molar-refractivity contribution is 7.09. The number of allylic oxidation sites excluding steroid dienone is 2. The largest absolute Gasteiger partial charge is 0.342 e. The zero-order chi connectivity index (χ0) is 16.6. The molecule has 1 aromatic rings. The van der Waals surface area contributed by atoms with Gasteiger partial charge >= 0.3 is 0 Å². The molecule has 1 saturated carbocycles. The van der Waals surface area contributed by atoms with Crippen LogP contribution in [0.5, 0.6) is 0 Å². The van der Waals surface area contributed by atoms with E-state index in [1.54, 1.807) is 11.3 Å². The van der Waals surface area contributed by atoms with Crippen molar-refractivity contribution in [2.24, 2.45) is 11.3 Å². The number of carbonyl (C=O) groups is 1. The summed E-state index contributed by atoms with van der Waals surface area (Å²) in [5, 5.41) is 3.26. The summed E-state index contributed by atoms with van der Waals surface area (Å²) in [5.41, 5.74) is 0.468. The summed E-state index contributed by atoms with van der Waals surface area (Å²) >= 11 is 1.74. The van der Waals surface area contributed by atoms with E-state index in [0.717, 1.165) is 38.9 Å². The maximum absolute atomic E-state index is 12.7. The Kier molecular flexibility index (Phi) is 4.48. The van der Waals surface area contributed by atoms with Crippen LogP contribution < -0.4 is 0 Å². The molecule has 1 aromatic heterocycles. The Morgan fingerprint density at radius 2 is 2.25 bits per heavy atom. The van der Waals surface area contributed by atoms with E-state index in [4.69, 9.17) is 0 Å². The number of thiazole rings is 1. The van der Waals surface area contributed by atoms with Crippen LogP contribution in [0.15, 0.2) is 23.7 Å². The lowest BCUT2D eigenvalue weighted by Gasteiger charge is -2.36. The number of aromatic nitrogens is 1. The minimum absolute atomic E-state index is 0.242. The standard InChI is InChI=1S/C19H27N3OS/c1-21(14-17-20-9-12-24-17)16-13-19(16)7-10-22(11-8-19)18(23)15-5-3-2-4-6-15/h2-3,9,12,15-16H,4-8,10-11,13-14H2,1H3/t15-,16-/m0/s1. The minimum Gasteiger partial charge on any atom is -0.342 e. The first-order valence-corrected chi connectivity index (χ1v) is 10.1. The van der Waals surface area contributed by atoms with Crippen molar-refractivity contribution in [1.82, 2.24) is 14.8 Å². The van der Waals surface area contributed by atoms with Gasteiger partial charge in [0.25, 0.3) is 0 Å². The van der Waals surface area contributed by atoms with Gasteiger partial charge < -0.3 is 4.90 Å². The Balaban J connectivity index is 1.29. The molecule has 24 heavy (non-hydrogen) atoms. The second-order valence-electron chi connectivity index (χ2n) is 7.73. The number of nitrogens with zero attached hydrogens (tertiary/aromatic N) is 3. The third-order valence-electron chi connectivity index (χ3n) is 6.24. The van der Waals surface area contributed by atoms with Gasteiger partial charge in [0.1, 0.15) is 5.01 Å². The van der Waals surface area contributed by atoms with Crippen LogP contribution in [-0.4, -0.2) is 46.9 Å². The van der Waals surface area contributed by atoms with Crippen LogP contribution in [0.1, 0.15) is 43.5 Å². The molecule has 0 radical (unpaired) electrons. The van der Waals surface area contributed by atoms with Crippen LogP contribution in [0.25, 0.3) is 0 Å². The summed E-state index contributed by atoms with van der Waals surface area (Å²) in [6, 6.07) is 0.677. The maximum atomic E-state index is 12.7. The number of rotatable bonds is 4. The number of amides is 1. The summed E-state index contributed by atoms with van der Waals surface area (Å²) in [7, 11) is 2.23. The normalized spacial score (nSPS) is 28.5. The summed E-state index contributed by atoms with van der Waals surface area (Å²) in [6.45, 7) is 2.88. The molecule has 2 aliphatic carbocycles. The smallest absolute Gasteiger partial charge is 0.226 e. The average molecular weight is 346 g/mol. The van der Waals surface area contributed by atoms with Crippen LogP contribution in [0, 0.1) is 11.3 Å². The van der Waals surface area contributed by atoms with Crippen LogP contribution >= 0.6 is 11.3 Å². The fraction of sp³-hybridized carbons (Fsp3) is 0.684. The lowest BCUT2D eigenvalue weighted by molar-refractivity contribution is -0.137. The molecule has 1 aliphatic heterocycles. The fourth-order valence-electron chi connectivity index (χ4n) is 4.59. The summed E-state index contributed by atoms with van der Waals surface area (Å²) in [4.78, 5) is 21.7. The van der Waals surface area contributed by atoms with Gasteiger partial charge in [-0.25, -0.2) is 4.98 Å². The molecule has 4 nitrogen and oxygen atoms in total. The number of hydrogen-bond acceptors (Lipinski definition) is 4. The molecule has 2 fully saturated rings. The molecule has 0 aromatic carbocycles. The van der Waals surface area contributed by atoms with Gasteiger partial charge in [-0.3, -0.25) is 9.69 Å². The van der Waals surface area contributed by atoms with Gasteiger partial charge in [-0.1, -0.05) is 12.2 Å². The number of hydrogen-bond donors (Lipinski definition) is 0. The van der Waals surface area contributed by atoms with Gasteiger partial charge in [0.15, 0.2) is 0 Å². The molecule has 2 heterocycles. The number of likely N-dealkylation sites (tertiary alicyclic amines) is 1. The van der Waals surface area contributed by atoms with Crippen LogP contribution in [0.3, 0.4) is 0 Å². The molecule has 1 spiro atoms. The van der Waals surface area contributed by atoms with Crippen LogP contribution in [0.2, 0.25) is 0 Å². The highest BCUT2D eigenvalue weighted by atomic mass is 32.1. The summed E-state index contributed by atoms with van der Waals surface area (Å²) < 4.78 is 0. The minimum atomic E-state index is 0.242. The molecule has 130 valence electrons. The number of carbonyl (C=O) groups excluding carboxylic acids is 1. The Bertz CT molecular complexity index is 604. The second kappa shape index (κ2) is 6.60. The van der Waals surface area contributed by atoms with Gasteiger partial charge in [0.05, 0.1) is 6.54 Å². The van der Waals surface area contributed by atoms with E-state index < -0.39 is 0 Å². The lowest BCUT2D eigenvalue weighted by atomic mass is 9.89. The quantitative estimate of drug-likeness (QED) is 0.786. The molecular formula is C19H27N3OS. The van der Waals surface area contributed by atoms with Gasteiger partial charge in [-0.2, -0.15) is 0 Å². The van der Waals surface area contributed by atoms with E-state index in [2.05, 4.69) is 39.4 Å². The Labute approximate surface area is 148 Å². The van der Waals surface area contributed by atoms with Crippen molar-refractivity contribution in [1.29, 1.82) is 0 Å². The molecule has 0 bridgehead atoms. The van der Waals surface area contributed by atoms with E-state index in [0.29, 0.717) is 17.4 Å². The molecular weight excluding hydrogens is 318 g/mol. The van der Waals surface area contributed by atoms with E-state index >= 15 is 0 Å². The van der Waals surface area contributed by atoms with E-state index in [-0.39, 0.29) is 5.92 Å². The van der Waals surface area contributed by atoms with Crippen LogP contribution in [-0.2, 0) is 11.3 Å². The Morgan fingerprint density at radius 3 is 2.92 bits per heavy atom. The van der Waals surface area contributed by atoms with E-state index in [1.165, 1.54) is 24.3 Å². The first-order valence-electron chi connectivity index (χ1n) is 9.20. The van der Waals surface area contributed by atoms with Crippen molar-refractivity contribution >= 4 is 17.2 Å². The molecule has 0 N–H and O–H groups in total. The first kappa shape index (κ1) is 16.3. The van der Waals surface area contributed by atoms with Crippen LogP contribution in [0.4, 0.5) is 0 Å². The lowest BCUT2D eigenvalue weighted by Crippen LogP contribution is -2.44. The Morgan fingerprint density at radius 1 is 1.42 bits per heavy atom. The molecule has 3 aliphatic rings. The summed E-state index contributed by atoms with van der Waals surface area (Å²) in [5.74, 6) is 0.647. The first-order chi connectivity index (χ1) is 11.7. The number of piperidine rings is 1. The second-order valence-corrected chi connectivity index (χ2v) is 8.71. The molecule has 2 atom stereocenters. The molecule has 1 saturated heterocycles. The molecule has 1 amide bonds. The van der Waals surface area contributed by atoms with Gasteiger partial charge in [0, 0.05) is 36.6 Å². The third kappa shape index (κ3) is 3.16. The highest BCUT2D eigenvalue weighted by Gasteiger charge is 2.57. The maximum Gasteiger partial charge on any atom is 0.226 e. The van der Waals surface area contributed by atoms with E-state index in [1.807, 2.05) is 6.20 Å². The molecule has 0 unspecified atom stereocenters. The van der Waals surface area contributed by atoms with Crippen molar-refractivity contribution in [2.45, 2.75) is 51.1 Å².